The molecule has 1 aliphatic rings. The summed E-state index contributed by atoms with van der Waals surface area (Å²) in [6.07, 6.45) is 6.81. The van der Waals surface area contributed by atoms with Crippen LogP contribution in [0, 0.1) is 5.92 Å². The molecule has 1 heterocycles. The van der Waals surface area contributed by atoms with E-state index >= 15 is 0 Å². The Bertz CT molecular complexity index is 660. The molecule has 0 saturated heterocycles. The average molecular weight is 313 g/mol. The van der Waals surface area contributed by atoms with E-state index in [1.54, 1.807) is 18.0 Å². The first-order chi connectivity index (χ1) is 11.2. The smallest absolute Gasteiger partial charge is 0.252 e. The van der Waals surface area contributed by atoms with Gasteiger partial charge in [0.05, 0.1) is 18.2 Å². The Kier molecular flexibility index (Phi) is 4.76. The molecule has 122 valence electrons. The van der Waals surface area contributed by atoms with Crippen LogP contribution in [0.25, 0.3) is 11.3 Å². The number of primary amides is 1. The Morgan fingerprint density at radius 1 is 1.35 bits per heavy atom. The number of aromatic nitrogens is 2. The van der Waals surface area contributed by atoms with E-state index in [2.05, 4.69) is 5.10 Å². The highest BCUT2D eigenvalue weighted by Gasteiger charge is 2.26. The zero-order chi connectivity index (χ0) is 16.2. The molecule has 1 aromatic heterocycles. The third kappa shape index (κ3) is 3.45. The molecule has 2 aromatic rings. The fraction of sp³-hybridized carbons (Fsp3) is 0.444. The minimum absolute atomic E-state index is 0.127. The Morgan fingerprint density at radius 2 is 2.04 bits per heavy atom. The van der Waals surface area contributed by atoms with Gasteiger partial charge >= 0.3 is 0 Å². The molecule has 23 heavy (non-hydrogen) atoms. The van der Waals surface area contributed by atoms with Gasteiger partial charge in [0, 0.05) is 18.9 Å². The lowest BCUT2D eigenvalue weighted by Gasteiger charge is -2.21. The minimum atomic E-state index is -0.454. The summed E-state index contributed by atoms with van der Waals surface area (Å²) in [6.45, 7) is 0.647. The molecular formula is C18H23N3O2. The van der Waals surface area contributed by atoms with Crippen molar-refractivity contribution in [1.82, 2.24) is 9.78 Å². The molecule has 1 atom stereocenters. The summed E-state index contributed by atoms with van der Waals surface area (Å²) in [5, 5.41) is 4.60. The summed E-state index contributed by atoms with van der Waals surface area (Å²) >= 11 is 0. The van der Waals surface area contributed by atoms with Crippen molar-refractivity contribution in [2.75, 3.05) is 7.11 Å². The molecule has 1 aromatic carbocycles. The largest absolute Gasteiger partial charge is 0.379 e. The van der Waals surface area contributed by atoms with Crippen molar-refractivity contribution in [3.05, 3.63) is 42.1 Å². The van der Waals surface area contributed by atoms with Crippen LogP contribution in [-0.4, -0.2) is 28.9 Å². The van der Waals surface area contributed by atoms with E-state index in [-0.39, 0.29) is 6.10 Å². The van der Waals surface area contributed by atoms with Crippen LogP contribution in [0.3, 0.4) is 0 Å². The number of methoxy groups -OCH3 is 1. The van der Waals surface area contributed by atoms with Crippen molar-refractivity contribution < 1.29 is 9.53 Å². The van der Waals surface area contributed by atoms with E-state index in [1.807, 2.05) is 30.3 Å². The van der Waals surface area contributed by atoms with Crippen LogP contribution < -0.4 is 5.73 Å². The number of carbonyl (C=O) groups is 1. The number of carbonyl (C=O) groups excluding carboxylic acids is 1. The second kappa shape index (κ2) is 6.96. The predicted molar refractivity (Wildman–Crippen MR) is 88.9 cm³/mol. The average Bonchev–Trinajstić information content (AvgIpc) is 3.23. The molecule has 5 heteroatoms. The number of ether oxygens (including phenoxy) is 1. The first-order valence-electron chi connectivity index (χ1n) is 8.14. The molecule has 2 N–H and O–H groups in total. The molecule has 1 fully saturated rings. The van der Waals surface area contributed by atoms with Crippen molar-refractivity contribution >= 4 is 5.91 Å². The van der Waals surface area contributed by atoms with Gasteiger partial charge in [-0.15, -0.1) is 0 Å². The Hall–Kier alpha value is -2.14. The lowest BCUT2D eigenvalue weighted by Crippen LogP contribution is -2.26. The predicted octanol–water partition coefficient (Wildman–Crippen LogP) is 2.85. The van der Waals surface area contributed by atoms with Gasteiger partial charge < -0.3 is 10.5 Å². The normalized spacial score (nSPS) is 16.6. The molecule has 3 rings (SSSR count). The van der Waals surface area contributed by atoms with E-state index in [1.165, 1.54) is 25.7 Å². The number of nitrogens with two attached hydrogens (primary N) is 1. The maximum Gasteiger partial charge on any atom is 0.252 e. The highest BCUT2D eigenvalue weighted by molar-refractivity contribution is 5.98. The summed E-state index contributed by atoms with van der Waals surface area (Å²) in [5.74, 6) is 0.117. The van der Waals surface area contributed by atoms with Crippen LogP contribution in [0.5, 0.6) is 0 Å². The van der Waals surface area contributed by atoms with E-state index in [0.29, 0.717) is 23.7 Å². The van der Waals surface area contributed by atoms with Crippen LogP contribution in [0.1, 0.15) is 36.0 Å². The molecule has 1 saturated carbocycles. The second-order valence-corrected chi connectivity index (χ2v) is 6.16. The van der Waals surface area contributed by atoms with Crippen molar-refractivity contribution in [3.63, 3.8) is 0 Å². The molecular weight excluding hydrogens is 290 g/mol. The maximum atomic E-state index is 11.8. The summed E-state index contributed by atoms with van der Waals surface area (Å²) in [4.78, 5) is 11.8. The van der Waals surface area contributed by atoms with Gasteiger partial charge in [0.1, 0.15) is 5.69 Å². The number of amides is 1. The summed E-state index contributed by atoms with van der Waals surface area (Å²) in [5.41, 5.74) is 7.52. The highest BCUT2D eigenvalue weighted by Crippen LogP contribution is 2.30. The zero-order valence-corrected chi connectivity index (χ0v) is 13.4. The monoisotopic (exact) mass is 313 g/mol. The number of hydrogen-bond donors (Lipinski definition) is 1. The van der Waals surface area contributed by atoms with Crippen LogP contribution in [-0.2, 0) is 11.3 Å². The number of rotatable bonds is 6. The summed E-state index contributed by atoms with van der Waals surface area (Å²) in [7, 11) is 1.75. The van der Waals surface area contributed by atoms with Gasteiger partial charge in [0.15, 0.2) is 0 Å². The highest BCUT2D eigenvalue weighted by atomic mass is 16.5. The molecule has 0 aliphatic heterocycles. The SMILES string of the molecule is COC(Cn1cc(C(N)=O)c(-c2ccccc2)n1)C1CCCC1. The van der Waals surface area contributed by atoms with Crippen LogP contribution in [0.4, 0.5) is 0 Å². The van der Waals surface area contributed by atoms with E-state index in [0.717, 1.165) is 5.56 Å². The third-order valence-corrected chi connectivity index (χ3v) is 4.67. The number of nitrogens with zero attached hydrogens (tertiary/aromatic N) is 2. The van der Waals surface area contributed by atoms with Gasteiger partial charge in [-0.2, -0.15) is 5.10 Å². The fourth-order valence-electron chi connectivity index (χ4n) is 3.43. The van der Waals surface area contributed by atoms with Crippen LogP contribution in [0.15, 0.2) is 36.5 Å². The Morgan fingerprint density at radius 3 is 2.65 bits per heavy atom. The quantitative estimate of drug-likeness (QED) is 0.891. The van der Waals surface area contributed by atoms with Gasteiger partial charge in [0.2, 0.25) is 0 Å². The van der Waals surface area contributed by atoms with Crippen molar-refractivity contribution in [2.24, 2.45) is 11.7 Å². The van der Waals surface area contributed by atoms with Crippen molar-refractivity contribution in [2.45, 2.75) is 38.3 Å². The van der Waals surface area contributed by atoms with Gasteiger partial charge in [-0.3, -0.25) is 9.48 Å². The van der Waals surface area contributed by atoms with E-state index in [9.17, 15) is 4.79 Å². The minimum Gasteiger partial charge on any atom is -0.379 e. The summed E-state index contributed by atoms with van der Waals surface area (Å²) in [6, 6.07) is 9.66. The maximum absolute atomic E-state index is 11.8. The van der Waals surface area contributed by atoms with Gasteiger partial charge in [0.25, 0.3) is 5.91 Å². The van der Waals surface area contributed by atoms with Gasteiger partial charge in [-0.05, 0) is 18.8 Å². The van der Waals surface area contributed by atoms with E-state index in [4.69, 9.17) is 10.5 Å². The molecule has 1 aliphatic carbocycles. The van der Waals surface area contributed by atoms with E-state index < -0.39 is 5.91 Å². The Labute approximate surface area is 136 Å². The van der Waals surface area contributed by atoms with Crippen LogP contribution >= 0.6 is 0 Å². The third-order valence-electron chi connectivity index (χ3n) is 4.67. The molecule has 0 radical (unpaired) electrons. The van der Waals surface area contributed by atoms with Gasteiger partial charge in [-0.25, -0.2) is 0 Å². The zero-order valence-electron chi connectivity index (χ0n) is 13.4. The van der Waals surface area contributed by atoms with Crippen molar-refractivity contribution in [1.29, 1.82) is 0 Å². The molecule has 1 unspecified atom stereocenters. The number of hydrogen-bond acceptors (Lipinski definition) is 3. The molecule has 0 bridgehead atoms. The van der Waals surface area contributed by atoms with Gasteiger partial charge in [-0.1, -0.05) is 43.2 Å². The fourth-order valence-corrected chi connectivity index (χ4v) is 3.43. The molecule has 1 amide bonds. The first kappa shape index (κ1) is 15.7. The van der Waals surface area contributed by atoms with Crippen molar-refractivity contribution in [3.8, 4) is 11.3 Å². The topological polar surface area (TPSA) is 70.1 Å². The molecule has 0 spiro atoms. The lowest BCUT2D eigenvalue weighted by molar-refractivity contribution is 0.0381. The van der Waals surface area contributed by atoms with Crippen LogP contribution in [0.2, 0.25) is 0 Å². The standard InChI is InChI=1S/C18H23N3O2/c1-23-16(13-7-5-6-8-13)12-21-11-15(18(19)22)17(20-21)14-9-3-2-4-10-14/h2-4,9-11,13,16H,5-8,12H2,1H3,(H2,19,22). The summed E-state index contributed by atoms with van der Waals surface area (Å²) < 4.78 is 7.48. The second-order valence-electron chi connectivity index (χ2n) is 6.16. The number of benzene rings is 1. The Balaban J connectivity index is 1.87. The first-order valence-corrected chi connectivity index (χ1v) is 8.14. The lowest BCUT2D eigenvalue weighted by atomic mass is 10.0. The molecule has 5 nitrogen and oxygen atoms in total.